The third-order valence-electron chi connectivity index (χ3n) is 3.77. The van der Waals surface area contributed by atoms with Crippen molar-refractivity contribution in [1.82, 2.24) is 4.98 Å². The quantitative estimate of drug-likeness (QED) is 0.612. The number of halogens is 1. The highest BCUT2D eigenvalue weighted by Crippen LogP contribution is 2.55. The molecule has 0 fully saturated rings. The van der Waals surface area contributed by atoms with Crippen LogP contribution in [0.3, 0.4) is 0 Å². The highest BCUT2D eigenvalue weighted by atomic mass is 35.5. The van der Waals surface area contributed by atoms with E-state index in [2.05, 4.69) is 11.6 Å². The molecule has 1 amide bonds. The molecule has 26 heavy (non-hydrogen) atoms. The number of thiophene rings is 1. The standard InChI is InChI=1S/C17H14ClN2O4PS/c1-2-20(12-4-3-7-19-9-12)17(21)16(25(22,23)24)14-10-26-15-6-5-11(18)8-13(14)15/h2-10,16H,1H2,(H2,22,23,24). The third-order valence-corrected chi connectivity index (χ3v) is 6.16. The number of fused-ring (bicyclic) bond motifs is 1. The van der Waals surface area contributed by atoms with Crippen LogP contribution < -0.4 is 4.90 Å². The number of aromatic nitrogens is 1. The molecule has 0 aliphatic rings. The lowest BCUT2D eigenvalue weighted by atomic mass is 10.1. The maximum atomic E-state index is 13.1. The Bertz CT molecular complexity index is 1020. The number of anilines is 1. The van der Waals surface area contributed by atoms with Crippen molar-refractivity contribution in [2.45, 2.75) is 5.66 Å². The van der Waals surface area contributed by atoms with Crippen LogP contribution >= 0.6 is 30.5 Å². The van der Waals surface area contributed by atoms with Crippen LogP contribution in [0.5, 0.6) is 0 Å². The first-order chi connectivity index (χ1) is 12.3. The molecule has 0 radical (unpaired) electrons. The van der Waals surface area contributed by atoms with E-state index >= 15 is 0 Å². The zero-order chi connectivity index (χ0) is 18.9. The smallest absolute Gasteiger partial charge is 0.324 e. The van der Waals surface area contributed by atoms with Gasteiger partial charge in [0.15, 0.2) is 5.66 Å². The first kappa shape index (κ1) is 18.8. The molecule has 3 rings (SSSR count). The Morgan fingerprint density at radius 2 is 2.15 bits per heavy atom. The number of pyridine rings is 1. The molecule has 0 aliphatic carbocycles. The molecule has 1 atom stereocenters. The van der Waals surface area contributed by atoms with Gasteiger partial charge in [-0.3, -0.25) is 19.2 Å². The molecular formula is C17H14ClN2O4PS. The maximum Gasteiger partial charge on any atom is 0.342 e. The largest absolute Gasteiger partial charge is 0.342 e. The molecule has 0 saturated heterocycles. The Morgan fingerprint density at radius 1 is 1.38 bits per heavy atom. The second kappa shape index (κ2) is 7.31. The Kier molecular flexibility index (Phi) is 5.27. The first-order valence-electron chi connectivity index (χ1n) is 7.40. The molecule has 2 N–H and O–H groups in total. The van der Waals surface area contributed by atoms with Crippen LogP contribution in [0.15, 0.2) is 60.9 Å². The van der Waals surface area contributed by atoms with E-state index < -0.39 is 19.2 Å². The van der Waals surface area contributed by atoms with Crippen molar-refractivity contribution in [3.8, 4) is 0 Å². The second-order valence-electron chi connectivity index (χ2n) is 5.43. The number of carbonyl (C=O) groups excluding carboxylic acids is 1. The molecule has 2 aromatic heterocycles. The van der Waals surface area contributed by atoms with Gasteiger partial charge in [0, 0.05) is 22.1 Å². The van der Waals surface area contributed by atoms with Crippen LogP contribution in [-0.2, 0) is 9.36 Å². The minimum atomic E-state index is -4.82. The molecule has 0 aliphatic heterocycles. The summed E-state index contributed by atoms with van der Waals surface area (Å²) in [6.45, 7) is 3.59. The van der Waals surface area contributed by atoms with Crippen LogP contribution in [0.4, 0.5) is 5.69 Å². The van der Waals surface area contributed by atoms with Crippen LogP contribution in [0.1, 0.15) is 11.2 Å². The fourth-order valence-electron chi connectivity index (χ4n) is 2.64. The molecule has 1 unspecified atom stereocenters. The first-order valence-corrected chi connectivity index (χ1v) is 10.3. The normalized spacial score (nSPS) is 12.7. The monoisotopic (exact) mass is 408 g/mol. The number of hydrogen-bond acceptors (Lipinski definition) is 4. The molecule has 0 spiro atoms. The summed E-state index contributed by atoms with van der Waals surface area (Å²) in [5.74, 6) is -0.791. The summed E-state index contributed by atoms with van der Waals surface area (Å²) in [5, 5.41) is 2.54. The molecule has 2 heterocycles. The van der Waals surface area contributed by atoms with Gasteiger partial charge in [-0.05, 0) is 46.7 Å². The molecule has 3 aromatic rings. The van der Waals surface area contributed by atoms with E-state index in [9.17, 15) is 19.1 Å². The summed E-state index contributed by atoms with van der Waals surface area (Å²) in [5.41, 5.74) is -1.07. The molecule has 134 valence electrons. The number of benzene rings is 1. The minimum Gasteiger partial charge on any atom is -0.324 e. The lowest BCUT2D eigenvalue weighted by Crippen LogP contribution is -2.30. The summed E-state index contributed by atoms with van der Waals surface area (Å²) in [6, 6.07) is 8.25. The number of carbonyl (C=O) groups is 1. The molecular weight excluding hydrogens is 395 g/mol. The van der Waals surface area contributed by atoms with Crippen molar-refractivity contribution >= 4 is 52.2 Å². The molecule has 0 saturated carbocycles. The van der Waals surface area contributed by atoms with Crippen molar-refractivity contribution in [1.29, 1.82) is 0 Å². The lowest BCUT2D eigenvalue weighted by Gasteiger charge is -2.24. The fourth-order valence-corrected chi connectivity index (χ4v) is 4.87. The maximum absolute atomic E-state index is 13.1. The number of amides is 1. The van der Waals surface area contributed by atoms with Gasteiger partial charge in [0.1, 0.15) is 0 Å². The number of hydrogen-bond donors (Lipinski definition) is 2. The summed E-state index contributed by atoms with van der Waals surface area (Å²) in [7, 11) is -4.82. The van der Waals surface area contributed by atoms with Crippen molar-refractivity contribution in [2.75, 3.05) is 4.90 Å². The fraction of sp³-hybridized carbons (Fsp3) is 0.0588. The SMILES string of the molecule is C=CN(C(=O)C(c1csc2ccc(Cl)cc12)P(=O)(O)O)c1cccnc1. The van der Waals surface area contributed by atoms with Gasteiger partial charge in [0.2, 0.25) is 0 Å². The average Bonchev–Trinajstić information content (AvgIpc) is 2.98. The van der Waals surface area contributed by atoms with E-state index in [1.54, 1.807) is 35.7 Å². The minimum absolute atomic E-state index is 0.238. The molecule has 0 bridgehead atoms. The van der Waals surface area contributed by atoms with Gasteiger partial charge in [-0.2, -0.15) is 0 Å². The molecule has 6 nitrogen and oxygen atoms in total. The summed E-state index contributed by atoms with van der Waals surface area (Å²) < 4.78 is 13.0. The number of nitrogens with zero attached hydrogens (tertiary/aromatic N) is 2. The van der Waals surface area contributed by atoms with Gasteiger partial charge in [-0.25, -0.2) is 0 Å². The second-order valence-corrected chi connectivity index (χ2v) is 8.47. The molecule has 9 heteroatoms. The highest BCUT2D eigenvalue weighted by molar-refractivity contribution is 7.53. The van der Waals surface area contributed by atoms with E-state index in [0.717, 1.165) is 9.60 Å². The van der Waals surface area contributed by atoms with E-state index in [0.29, 0.717) is 16.1 Å². The number of rotatable bonds is 5. The van der Waals surface area contributed by atoms with E-state index in [1.807, 2.05) is 0 Å². The average molecular weight is 409 g/mol. The lowest BCUT2D eigenvalue weighted by molar-refractivity contribution is -0.118. The van der Waals surface area contributed by atoms with Crippen LogP contribution in [0.25, 0.3) is 10.1 Å². The van der Waals surface area contributed by atoms with Gasteiger partial charge in [-0.1, -0.05) is 18.2 Å². The summed E-state index contributed by atoms with van der Waals surface area (Å²) in [4.78, 5) is 37.9. The van der Waals surface area contributed by atoms with Gasteiger partial charge in [0.05, 0.1) is 11.9 Å². The van der Waals surface area contributed by atoms with Crippen molar-refractivity contribution in [3.05, 3.63) is 71.5 Å². The zero-order valence-corrected chi connectivity index (χ0v) is 15.8. The van der Waals surface area contributed by atoms with Crippen LogP contribution in [0, 0.1) is 0 Å². The van der Waals surface area contributed by atoms with Gasteiger partial charge in [0.25, 0.3) is 5.91 Å². The summed E-state index contributed by atoms with van der Waals surface area (Å²) in [6.07, 6.45) is 4.16. The molecule has 1 aromatic carbocycles. The Morgan fingerprint density at radius 3 is 2.77 bits per heavy atom. The van der Waals surface area contributed by atoms with E-state index in [1.165, 1.54) is 29.9 Å². The third kappa shape index (κ3) is 3.58. The van der Waals surface area contributed by atoms with E-state index in [-0.39, 0.29) is 5.56 Å². The highest BCUT2D eigenvalue weighted by Gasteiger charge is 2.41. The summed E-state index contributed by atoms with van der Waals surface area (Å²) >= 11 is 7.31. The van der Waals surface area contributed by atoms with Crippen molar-refractivity contribution < 1.29 is 19.1 Å². The predicted octanol–water partition coefficient (Wildman–Crippen LogP) is 4.35. The topological polar surface area (TPSA) is 90.7 Å². The Balaban J connectivity index is 2.14. The van der Waals surface area contributed by atoms with Gasteiger partial charge < -0.3 is 9.79 Å². The van der Waals surface area contributed by atoms with Gasteiger partial charge in [-0.15, -0.1) is 11.3 Å². The van der Waals surface area contributed by atoms with Crippen LogP contribution in [0.2, 0.25) is 5.02 Å². The Labute approximate surface area is 158 Å². The predicted molar refractivity (Wildman–Crippen MR) is 104 cm³/mol. The van der Waals surface area contributed by atoms with E-state index in [4.69, 9.17) is 11.6 Å². The van der Waals surface area contributed by atoms with Crippen LogP contribution in [-0.4, -0.2) is 20.7 Å². The van der Waals surface area contributed by atoms with Crippen molar-refractivity contribution in [3.63, 3.8) is 0 Å². The zero-order valence-electron chi connectivity index (χ0n) is 13.3. The van der Waals surface area contributed by atoms with Crippen molar-refractivity contribution in [2.24, 2.45) is 0 Å². The van der Waals surface area contributed by atoms with Gasteiger partial charge >= 0.3 is 7.60 Å². The Hall–Kier alpha value is -2.02.